The van der Waals surface area contributed by atoms with Crippen molar-refractivity contribution >= 4 is 34.1 Å². The lowest BCUT2D eigenvalue weighted by molar-refractivity contribution is 0.480. The Bertz CT molecular complexity index is 5360. The second-order valence-electron chi connectivity index (χ2n) is 27.8. The maximum atomic E-state index is 15.8. The molecule has 0 saturated heterocycles. The predicted octanol–water partition coefficient (Wildman–Crippen LogP) is 24.6. The average Bonchev–Trinajstić information content (AvgIpc) is 1.53. The van der Waals surface area contributed by atoms with Crippen LogP contribution < -0.4 is 19.3 Å². The first-order valence-corrected chi connectivity index (χ1v) is 34.9. The minimum absolute atomic E-state index is 0.438. The molecule has 0 N–H and O–H groups in total. The van der Waals surface area contributed by atoms with Crippen LogP contribution in [0.3, 0.4) is 0 Å². The smallest absolute Gasteiger partial charge is 0.160 e. The average molecular weight is 1330 g/mol. The Balaban J connectivity index is 0.724. The molecule has 0 heterocycles. The van der Waals surface area contributed by atoms with E-state index in [4.69, 9.17) is 9.47 Å². The van der Waals surface area contributed by atoms with Crippen LogP contribution in [0.15, 0.2) is 291 Å². The van der Waals surface area contributed by atoms with Crippen LogP contribution in [0.5, 0.6) is 23.0 Å². The Morgan fingerprint density at radius 2 is 0.618 bits per heavy atom. The summed E-state index contributed by atoms with van der Waals surface area (Å²) in [5.41, 5.74) is 27.0. The van der Waals surface area contributed by atoms with Crippen LogP contribution in [-0.4, -0.2) is 0 Å². The number of fused-ring (bicyclic) bond motifs is 8. The van der Waals surface area contributed by atoms with Crippen LogP contribution in [0, 0.1) is 51.0 Å². The van der Waals surface area contributed by atoms with Gasteiger partial charge in [-0.1, -0.05) is 169 Å². The third-order valence-corrected chi connectivity index (χ3v) is 21.8. The van der Waals surface area contributed by atoms with E-state index >= 15 is 17.6 Å². The van der Waals surface area contributed by atoms with Crippen molar-refractivity contribution in [2.75, 3.05) is 9.80 Å². The van der Waals surface area contributed by atoms with Crippen molar-refractivity contribution in [3.63, 3.8) is 0 Å². The number of hydrogen-bond donors (Lipinski definition) is 0. The van der Waals surface area contributed by atoms with Gasteiger partial charge in [0.05, 0.1) is 10.8 Å². The highest BCUT2D eigenvalue weighted by molar-refractivity contribution is 5.92. The van der Waals surface area contributed by atoms with E-state index in [1.54, 1.807) is 12.1 Å². The van der Waals surface area contributed by atoms with Crippen molar-refractivity contribution in [3.8, 4) is 56.4 Å². The summed E-state index contributed by atoms with van der Waals surface area (Å²) in [4.78, 5) is 3.97. The van der Waals surface area contributed by atoms with Gasteiger partial charge in [-0.25, -0.2) is 17.6 Å². The van der Waals surface area contributed by atoms with Crippen molar-refractivity contribution in [1.82, 2.24) is 0 Å². The summed E-state index contributed by atoms with van der Waals surface area (Å²) in [5.74, 6) is -0.711. The maximum absolute atomic E-state index is 15.8. The molecular weight excluding hydrogens is 1270 g/mol. The van der Waals surface area contributed by atoms with Crippen molar-refractivity contribution in [2.45, 2.75) is 64.2 Å². The molecule has 0 aromatic heterocycles. The zero-order chi connectivity index (χ0) is 69.1. The molecule has 0 aliphatic heterocycles. The molecule has 0 fully saturated rings. The summed E-state index contributed by atoms with van der Waals surface area (Å²) in [6, 6.07) is 97.5. The van der Waals surface area contributed by atoms with Gasteiger partial charge in [-0.05, 0) is 286 Å². The molecule has 14 aromatic rings. The van der Waals surface area contributed by atoms with Gasteiger partial charge < -0.3 is 19.3 Å². The third kappa shape index (κ3) is 10.2. The first-order valence-electron chi connectivity index (χ1n) is 34.9. The van der Waals surface area contributed by atoms with E-state index in [0.717, 1.165) is 172 Å². The fourth-order valence-corrected chi connectivity index (χ4v) is 16.6. The lowest BCUT2D eigenvalue weighted by atomic mass is 9.66. The van der Waals surface area contributed by atoms with E-state index < -0.39 is 34.1 Å². The number of halogens is 4. The van der Waals surface area contributed by atoms with E-state index in [1.165, 1.54) is 46.5 Å². The van der Waals surface area contributed by atoms with Crippen molar-refractivity contribution in [3.05, 3.63) is 403 Å². The van der Waals surface area contributed by atoms with Crippen LogP contribution in [0.2, 0.25) is 0 Å². The standard InChI is InChI=1S/C94H68F4N2O2/c1-57-13-15-59(3)85(49-57)93(67-27-41-75(42-28-67)101-77-39-25-63-17-19-65(63)51-77)83-11-7-5-9-79(83)81-45-35-71(53-87(81)93)99(73-37-47-89(95)91(97)55-73)69-31-21-61(22-32-69)62-23-33-70(34-24-62)100(74-38-48-90(96)92(98)56-74)72-36-46-82-80-10-6-8-12-84(80)94(88(82)54-72,86-50-58(2)14-16-60(86)4)68-29-43-76(44-30-68)102-78-40-26-64-18-20-66(64)52-78/h5-16,21-56H,17-20H2,1-4H3. The lowest BCUT2D eigenvalue weighted by Crippen LogP contribution is -2.30. The molecule has 4 aliphatic rings. The SMILES string of the molecule is Cc1ccc(C)c(C2(c3ccc(Oc4ccc5c(c4)CC5)cc3)c3ccccc3-c3ccc(N(c4ccc(-c5ccc(N(c6ccc(F)c(F)c6)c6ccc7c(c6)C(c6ccc(Oc8ccc9c(c8)CC9)cc6)(c6cc(C)ccc6C)c6ccccc6-7)cc5)cc4)c4ccc(F)c(F)c4)cc32)c1. The lowest BCUT2D eigenvalue weighted by Gasteiger charge is -2.36. The first kappa shape index (κ1) is 62.3. The number of anilines is 6. The summed E-state index contributed by atoms with van der Waals surface area (Å²) >= 11 is 0. The maximum Gasteiger partial charge on any atom is 0.160 e. The minimum atomic E-state index is -0.964. The number of rotatable bonds is 15. The first-order chi connectivity index (χ1) is 49.8. The summed E-state index contributed by atoms with van der Waals surface area (Å²) in [6.45, 7) is 8.61. The monoisotopic (exact) mass is 1330 g/mol. The number of benzene rings is 14. The van der Waals surface area contributed by atoms with Crippen molar-refractivity contribution in [2.24, 2.45) is 0 Å². The normalized spacial score (nSPS) is 15.6. The van der Waals surface area contributed by atoms with Crippen LogP contribution >= 0.6 is 0 Å². The van der Waals surface area contributed by atoms with E-state index in [-0.39, 0.29) is 0 Å². The molecule has 8 heteroatoms. The van der Waals surface area contributed by atoms with Gasteiger partial charge in [0.1, 0.15) is 23.0 Å². The summed E-state index contributed by atoms with van der Waals surface area (Å²) in [7, 11) is 0. The Morgan fingerprint density at radius 1 is 0.265 bits per heavy atom. The van der Waals surface area contributed by atoms with Crippen molar-refractivity contribution in [1.29, 1.82) is 0 Å². The molecule has 4 aliphatic carbocycles. The predicted molar refractivity (Wildman–Crippen MR) is 402 cm³/mol. The molecule has 2 atom stereocenters. The molecule has 14 aromatic carbocycles. The molecule has 0 radical (unpaired) electrons. The topological polar surface area (TPSA) is 24.9 Å². The van der Waals surface area contributed by atoms with Crippen molar-refractivity contribution < 1.29 is 27.0 Å². The fraction of sp³-hybridized carbons (Fsp3) is 0.106. The third-order valence-electron chi connectivity index (χ3n) is 21.8. The quantitative estimate of drug-likeness (QED) is 0.0955. The Morgan fingerprint density at radius 3 is 1.00 bits per heavy atom. The molecule has 2 unspecified atom stereocenters. The minimum Gasteiger partial charge on any atom is -0.457 e. The number of ether oxygens (including phenoxy) is 2. The summed E-state index contributed by atoms with van der Waals surface area (Å²) in [6.07, 6.45) is 4.32. The highest BCUT2D eigenvalue weighted by Gasteiger charge is 2.49. The summed E-state index contributed by atoms with van der Waals surface area (Å²) in [5, 5.41) is 0. The van der Waals surface area contributed by atoms with Gasteiger partial charge in [-0.2, -0.15) is 0 Å². The molecule has 0 spiro atoms. The van der Waals surface area contributed by atoms with Gasteiger partial charge in [0.25, 0.3) is 0 Å². The highest BCUT2D eigenvalue weighted by Crippen LogP contribution is 2.61. The van der Waals surface area contributed by atoms with E-state index in [2.05, 4.69) is 222 Å². The molecule has 102 heavy (non-hydrogen) atoms. The molecule has 0 saturated carbocycles. The van der Waals surface area contributed by atoms with E-state index in [1.807, 2.05) is 70.5 Å². The van der Waals surface area contributed by atoms with E-state index in [9.17, 15) is 0 Å². The van der Waals surface area contributed by atoms with Gasteiger partial charge in [-0.15, -0.1) is 0 Å². The zero-order valence-corrected chi connectivity index (χ0v) is 56.8. The number of hydrogen-bond acceptors (Lipinski definition) is 4. The molecule has 0 bridgehead atoms. The molecule has 494 valence electrons. The van der Waals surface area contributed by atoms with Gasteiger partial charge in [0.15, 0.2) is 23.3 Å². The van der Waals surface area contributed by atoms with Crippen LogP contribution in [0.1, 0.15) is 89.0 Å². The Hall–Kier alpha value is -12.0. The fourth-order valence-electron chi connectivity index (χ4n) is 16.6. The Kier molecular flexibility index (Phi) is 14.9. The van der Waals surface area contributed by atoms with Gasteiger partial charge in [-0.3, -0.25) is 0 Å². The molecular formula is C94H68F4N2O2. The van der Waals surface area contributed by atoms with Gasteiger partial charge in [0, 0.05) is 46.3 Å². The van der Waals surface area contributed by atoms with E-state index in [0.29, 0.717) is 11.4 Å². The van der Waals surface area contributed by atoms with Gasteiger partial charge in [0.2, 0.25) is 0 Å². The molecule has 18 rings (SSSR count). The second-order valence-corrected chi connectivity index (χ2v) is 27.8. The number of aryl methyl sites for hydroxylation is 8. The Labute approximate surface area is 591 Å². The summed E-state index contributed by atoms with van der Waals surface area (Å²) < 4.78 is 74.9. The van der Waals surface area contributed by atoms with Crippen LogP contribution in [0.4, 0.5) is 51.7 Å². The second kappa shape index (κ2) is 24.4. The molecule has 4 nitrogen and oxygen atoms in total. The van der Waals surface area contributed by atoms with Crippen LogP contribution in [-0.2, 0) is 36.5 Å². The number of nitrogens with zero attached hydrogens (tertiary/aromatic N) is 2. The molecule has 0 amide bonds. The zero-order valence-electron chi connectivity index (χ0n) is 56.8. The highest BCUT2D eigenvalue weighted by atomic mass is 19.2. The van der Waals surface area contributed by atoms with Crippen LogP contribution in [0.25, 0.3) is 33.4 Å². The largest absolute Gasteiger partial charge is 0.457 e. The van der Waals surface area contributed by atoms with Gasteiger partial charge >= 0.3 is 0 Å².